The molecular formula is C28H30FN9. The average Bonchev–Trinajstić information content (AvgIpc) is 3.59. The molecule has 2 aliphatic rings. The summed E-state index contributed by atoms with van der Waals surface area (Å²) in [6, 6.07) is 4.02. The molecule has 7 heterocycles. The first-order chi connectivity index (χ1) is 18.7. The van der Waals surface area contributed by atoms with Crippen LogP contribution in [0.1, 0.15) is 44.1 Å². The van der Waals surface area contributed by atoms with E-state index in [1.807, 2.05) is 18.3 Å². The fourth-order valence-electron chi connectivity index (χ4n) is 5.82. The van der Waals surface area contributed by atoms with Gasteiger partial charge in [-0.2, -0.15) is 5.10 Å². The Morgan fingerprint density at radius 1 is 0.895 bits per heavy atom. The molecule has 5 aromatic rings. The van der Waals surface area contributed by atoms with Gasteiger partial charge in [0.1, 0.15) is 17.0 Å². The fraction of sp³-hybridized carbons (Fsp3) is 0.393. The van der Waals surface area contributed by atoms with E-state index in [4.69, 9.17) is 4.98 Å². The second-order valence-electron chi connectivity index (χ2n) is 10.4. The van der Waals surface area contributed by atoms with Gasteiger partial charge in [0.15, 0.2) is 17.1 Å². The molecular weight excluding hydrogens is 481 g/mol. The van der Waals surface area contributed by atoms with Crippen molar-refractivity contribution in [1.29, 1.82) is 0 Å². The Morgan fingerprint density at radius 2 is 1.71 bits per heavy atom. The summed E-state index contributed by atoms with van der Waals surface area (Å²) in [7, 11) is 0. The van der Waals surface area contributed by atoms with Crippen LogP contribution in [-0.2, 0) is 6.54 Å². The van der Waals surface area contributed by atoms with Crippen LogP contribution in [0.25, 0.3) is 44.8 Å². The number of anilines is 1. The van der Waals surface area contributed by atoms with Crippen molar-refractivity contribution in [2.24, 2.45) is 0 Å². The molecule has 0 atom stereocenters. The maximum Gasteiger partial charge on any atom is 0.161 e. The summed E-state index contributed by atoms with van der Waals surface area (Å²) in [5.41, 5.74) is 5.44. The summed E-state index contributed by atoms with van der Waals surface area (Å²) in [6.07, 6.45) is 14.2. The van der Waals surface area contributed by atoms with Crippen molar-refractivity contribution >= 4 is 27.9 Å². The monoisotopic (exact) mass is 511 g/mol. The Morgan fingerprint density at radius 3 is 2.55 bits per heavy atom. The first-order valence-corrected chi connectivity index (χ1v) is 13.5. The highest BCUT2D eigenvalue weighted by atomic mass is 19.1. The van der Waals surface area contributed by atoms with Crippen molar-refractivity contribution in [2.45, 2.75) is 45.1 Å². The van der Waals surface area contributed by atoms with E-state index >= 15 is 4.39 Å². The molecule has 0 aromatic carbocycles. The van der Waals surface area contributed by atoms with Crippen LogP contribution in [0, 0.1) is 5.82 Å². The minimum Gasteiger partial charge on any atom is -0.370 e. The predicted octanol–water partition coefficient (Wildman–Crippen LogP) is 5.07. The van der Waals surface area contributed by atoms with Crippen LogP contribution >= 0.6 is 0 Å². The predicted molar refractivity (Wildman–Crippen MR) is 145 cm³/mol. The molecule has 0 unspecified atom stereocenters. The molecule has 194 valence electrons. The van der Waals surface area contributed by atoms with Crippen LogP contribution in [-0.4, -0.2) is 66.2 Å². The Hall–Kier alpha value is -3.92. The lowest BCUT2D eigenvalue weighted by atomic mass is 10.0. The SMILES string of the molecule is Fc1c(-c2cncc(CN3CCCCC3)c2)cnc2[nH]nc(-c3nc4c(N5CCCCC5)ccnc4[nH]3)c12. The van der Waals surface area contributed by atoms with E-state index in [0.29, 0.717) is 39.3 Å². The van der Waals surface area contributed by atoms with Gasteiger partial charge >= 0.3 is 0 Å². The third kappa shape index (κ3) is 4.18. The minimum atomic E-state index is -0.389. The molecule has 2 fully saturated rings. The van der Waals surface area contributed by atoms with Gasteiger partial charge in [0.05, 0.1) is 11.1 Å². The maximum atomic E-state index is 16.1. The molecule has 10 heteroatoms. The maximum absolute atomic E-state index is 16.1. The van der Waals surface area contributed by atoms with Crippen LogP contribution < -0.4 is 4.90 Å². The summed E-state index contributed by atoms with van der Waals surface area (Å²) >= 11 is 0. The van der Waals surface area contributed by atoms with E-state index in [9.17, 15) is 0 Å². The zero-order valence-electron chi connectivity index (χ0n) is 21.3. The van der Waals surface area contributed by atoms with Gasteiger partial charge in [0.25, 0.3) is 0 Å². The van der Waals surface area contributed by atoms with Crippen molar-refractivity contribution < 1.29 is 4.39 Å². The highest BCUT2D eigenvalue weighted by Gasteiger charge is 2.23. The first kappa shape index (κ1) is 23.2. The van der Waals surface area contributed by atoms with Gasteiger partial charge in [-0.3, -0.25) is 15.0 Å². The highest BCUT2D eigenvalue weighted by molar-refractivity contribution is 5.95. The van der Waals surface area contributed by atoms with E-state index in [0.717, 1.165) is 49.5 Å². The number of H-pyrrole nitrogens is 2. The summed E-state index contributed by atoms with van der Waals surface area (Å²) in [6.45, 7) is 5.01. The van der Waals surface area contributed by atoms with E-state index in [2.05, 4.69) is 39.9 Å². The Bertz CT molecular complexity index is 1600. The number of imidazole rings is 1. The zero-order valence-corrected chi connectivity index (χ0v) is 21.3. The number of nitrogens with zero attached hydrogens (tertiary/aromatic N) is 7. The number of hydrogen-bond donors (Lipinski definition) is 2. The van der Waals surface area contributed by atoms with Gasteiger partial charge in [0, 0.05) is 55.5 Å². The van der Waals surface area contributed by atoms with Crippen LogP contribution in [0.5, 0.6) is 0 Å². The zero-order chi connectivity index (χ0) is 25.5. The molecule has 0 saturated carbocycles. The van der Waals surface area contributed by atoms with Crippen molar-refractivity contribution in [1.82, 2.24) is 40.0 Å². The number of rotatable bonds is 5. The molecule has 0 amide bonds. The molecule has 0 bridgehead atoms. The van der Waals surface area contributed by atoms with Crippen LogP contribution in [0.2, 0.25) is 0 Å². The number of piperidine rings is 2. The van der Waals surface area contributed by atoms with Crippen molar-refractivity contribution in [3.05, 3.63) is 48.3 Å². The normalized spacial score (nSPS) is 17.0. The second kappa shape index (κ2) is 9.75. The van der Waals surface area contributed by atoms with Gasteiger partial charge in [-0.15, -0.1) is 0 Å². The first-order valence-electron chi connectivity index (χ1n) is 13.5. The van der Waals surface area contributed by atoms with E-state index in [-0.39, 0.29) is 5.82 Å². The van der Waals surface area contributed by atoms with Crippen LogP contribution in [0.4, 0.5) is 10.1 Å². The topological polar surface area (TPSA) is 103 Å². The molecule has 0 aliphatic carbocycles. The third-order valence-corrected chi connectivity index (χ3v) is 7.77. The lowest BCUT2D eigenvalue weighted by Crippen LogP contribution is -2.29. The molecule has 7 rings (SSSR count). The van der Waals surface area contributed by atoms with Crippen molar-refractivity contribution in [3.8, 4) is 22.6 Å². The summed E-state index contributed by atoms with van der Waals surface area (Å²) in [5, 5.41) is 7.60. The standard InChI is InChI=1S/C28H30FN9/c29-23-20(19-13-18(14-30-15-19)17-37-9-3-1-4-10-37)16-32-26-22(23)25(35-36-26)28-33-24-21(7-8-31-27(24)34-28)38-11-5-2-6-12-38/h7-8,13-16H,1-6,9-12,17H2,(H,31,33,34)(H,32,35,36). The minimum absolute atomic E-state index is 0.308. The number of fused-ring (bicyclic) bond motifs is 2. The lowest BCUT2D eigenvalue weighted by Gasteiger charge is -2.28. The van der Waals surface area contributed by atoms with Crippen molar-refractivity contribution in [3.63, 3.8) is 0 Å². The van der Waals surface area contributed by atoms with Gasteiger partial charge < -0.3 is 9.88 Å². The number of pyridine rings is 3. The third-order valence-electron chi connectivity index (χ3n) is 7.77. The smallest absolute Gasteiger partial charge is 0.161 e. The largest absolute Gasteiger partial charge is 0.370 e. The quantitative estimate of drug-likeness (QED) is 0.339. The molecule has 2 aliphatic heterocycles. The Labute approximate surface area is 219 Å². The number of halogens is 1. The molecule has 0 spiro atoms. The highest BCUT2D eigenvalue weighted by Crippen LogP contribution is 2.34. The van der Waals surface area contributed by atoms with E-state index < -0.39 is 0 Å². The number of aromatic amines is 2. The molecule has 9 nitrogen and oxygen atoms in total. The van der Waals surface area contributed by atoms with Crippen LogP contribution in [0.15, 0.2) is 36.9 Å². The lowest BCUT2D eigenvalue weighted by molar-refractivity contribution is 0.220. The van der Waals surface area contributed by atoms with Gasteiger partial charge in [-0.05, 0) is 62.9 Å². The number of hydrogen-bond acceptors (Lipinski definition) is 7. The average molecular weight is 512 g/mol. The summed E-state index contributed by atoms with van der Waals surface area (Å²) in [4.78, 5) is 26.3. The van der Waals surface area contributed by atoms with Gasteiger partial charge in [-0.1, -0.05) is 6.42 Å². The number of aromatic nitrogens is 7. The molecule has 2 saturated heterocycles. The van der Waals surface area contributed by atoms with E-state index in [1.54, 1.807) is 18.6 Å². The van der Waals surface area contributed by atoms with Crippen LogP contribution in [0.3, 0.4) is 0 Å². The fourth-order valence-corrected chi connectivity index (χ4v) is 5.82. The van der Waals surface area contributed by atoms with Gasteiger partial charge in [-0.25, -0.2) is 19.3 Å². The number of likely N-dealkylation sites (tertiary alicyclic amines) is 1. The van der Waals surface area contributed by atoms with Crippen molar-refractivity contribution in [2.75, 3.05) is 31.1 Å². The Balaban J connectivity index is 1.27. The van der Waals surface area contributed by atoms with Gasteiger partial charge in [0.2, 0.25) is 0 Å². The summed E-state index contributed by atoms with van der Waals surface area (Å²) in [5.74, 6) is 0.0818. The molecule has 2 N–H and O–H groups in total. The summed E-state index contributed by atoms with van der Waals surface area (Å²) < 4.78 is 16.1. The number of nitrogens with one attached hydrogen (secondary N) is 2. The Kier molecular flexibility index (Phi) is 5.96. The second-order valence-corrected chi connectivity index (χ2v) is 10.4. The molecule has 38 heavy (non-hydrogen) atoms. The molecule has 0 radical (unpaired) electrons. The molecule has 5 aromatic heterocycles. The van der Waals surface area contributed by atoms with E-state index in [1.165, 1.54) is 38.5 Å².